The smallest absolute Gasteiger partial charge is 0.0419 e. The SMILES string of the molecule is CCc1ccc(CC(NN)C2CCCC2)nc1. The highest BCUT2D eigenvalue weighted by atomic mass is 15.2. The Morgan fingerprint density at radius 3 is 2.71 bits per heavy atom. The Kier molecular flexibility index (Phi) is 4.51. The van der Waals surface area contributed by atoms with Crippen molar-refractivity contribution in [2.75, 3.05) is 0 Å². The third kappa shape index (κ3) is 3.27. The minimum atomic E-state index is 0.387. The molecule has 1 aromatic rings. The third-order valence-electron chi connectivity index (χ3n) is 3.91. The van der Waals surface area contributed by atoms with Crippen LogP contribution in [0.15, 0.2) is 18.3 Å². The van der Waals surface area contributed by atoms with Gasteiger partial charge in [0.05, 0.1) is 0 Å². The van der Waals surface area contributed by atoms with E-state index in [0.717, 1.165) is 24.5 Å². The van der Waals surface area contributed by atoms with Crippen LogP contribution in [0.5, 0.6) is 0 Å². The zero-order chi connectivity index (χ0) is 12.1. The molecule has 94 valence electrons. The molecular weight excluding hydrogens is 210 g/mol. The number of rotatable bonds is 5. The van der Waals surface area contributed by atoms with Crippen molar-refractivity contribution in [1.82, 2.24) is 10.4 Å². The van der Waals surface area contributed by atoms with Crippen molar-refractivity contribution >= 4 is 0 Å². The number of aryl methyl sites for hydroxylation is 1. The first kappa shape index (κ1) is 12.5. The molecule has 2 rings (SSSR count). The van der Waals surface area contributed by atoms with Crippen molar-refractivity contribution < 1.29 is 0 Å². The van der Waals surface area contributed by atoms with Gasteiger partial charge in [0.2, 0.25) is 0 Å². The molecule has 3 heteroatoms. The van der Waals surface area contributed by atoms with Crippen LogP contribution >= 0.6 is 0 Å². The standard InChI is InChI=1S/C14H23N3/c1-2-11-7-8-13(16-10-11)9-14(17-15)12-5-3-4-6-12/h7-8,10,12,14,17H,2-6,9,15H2,1H3. The van der Waals surface area contributed by atoms with Gasteiger partial charge in [0, 0.05) is 24.4 Å². The molecule has 1 aliphatic rings. The number of hydrogen-bond donors (Lipinski definition) is 2. The fraction of sp³-hybridized carbons (Fsp3) is 0.643. The maximum Gasteiger partial charge on any atom is 0.0419 e. The summed E-state index contributed by atoms with van der Waals surface area (Å²) in [4.78, 5) is 4.51. The molecule has 1 atom stereocenters. The second kappa shape index (κ2) is 6.12. The summed E-state index contributed by atoms with van der Waals surface area (Å²) in [5.74, 6) is 6.41. The lowest BCUT2D eigenvalue weighted by Gasteiger charge is -2.22. The van der Waals surface area contributed by atoms with Crippen LogP contribution in [0, 0.1) is 5.92 Å². The molecule has 1 saturated carbocycles. The number of pyridine rings is 1. The van der Waals surface area contributed by atoms with E-state index in [-0.39, 0.29) is 0 Å². The van der Waals surface area contributed by atoms with Gasteiger partial charge in [-0.3, -0.25) is 16.3 Å². The molecule has 1 heterocycles. The fourth-order valence-electron chi connectivity index (χ4n) is 2.73. The first-order valence-corrected chi connectivity index (χ1v) is 6.73. The minimum absolute atomic E-state index is 0.387. The molecule has 1 aromatic heterocycles. The maximum atomic E-state index is 5.68. The van der Waals surface area contributed by atoms with E-state index in [1.807, 2.05) is 6.20 Å². The van der Waals surface area contributed by atoms with Crippen molar-refractivity contribution in [3.8, 4) is 0 Å². The van der Waals surface area contributed by atoms with Crippen LogP contribution in [0.25, 0.3) is 0 Å². The lowest BCUT2D eigenvalue weighted by Crippen LogP contribution is -2.41. The van der Waals surface area contributed by atoms with Crippen molar-refractivity contribution in [2.24, 2.45) is 11.8 Å². The van der Waals surface area contributed by atoms with Crippen LogP contribution in [0.2, 0.25) is 0 Å². The van der Waals surface area contributed by atoms with Gasteiger partial charge in [-0.2, -0.15) is 0 Å². The Morgan fingerprint density at radius 1 is 1.41 bits per heavy atom. The number of nitrogens with zero attached hydrogens (tertiary/aromatic N) is 1. The van der Waals surface area contributed by atoms with Crippen LogP contribution in [-0.2, 0) is 12.8 Å². The number of hydrazine groups is 1. The van der Waals surface area contributed by atoms with E-state index < -0.39 is 0 Å². The predicted octanol–water partition coefficient (Wildman–Crippen LogP) is 2.21. The molecule has 0 saturated heterocycles. The Balaban J connectivity index is 1.96. The maximum absolute atomic E-state index is 5.68. The third-order valence-corrected chi connectivity index (χ3v) is 3.91. The average molecular weight is 233 g/mol. The molecule has 3 N–H and O–H groups in total. The number of hydrogen-bond acceptors (Lipinski definition) is 3. The summed E-state index contributed by atoms with van der Waals surface area (Å²) in [6.45, 7) is 2.15. The molecule has 1 fully saturated rings. The normalized spacial score (nSPS) is 18.5. The van der Waals surface area contributed by atoms with Gasteiger partial charge in [-0.05, 0) is 36.8 Å². The van der Waals surface area contributed by atoms with Gasteiger partial charge in [0.1, 0.15) is 0 Å². The second-order valence-corrected chi connectivity index (χ2v) is 5.03. The second-order valence-electron chi connectivity index (χ2n) is 5.03. The summed E-state index contributed by atoms with van der Waals surface area (Å²) >= 11 is 0. The van der Waals surface area contributed by atoms with Crippen LogP contribution in [0.1, 0.15) is 43.9 Å². The predicted molar refractivity (Wildman–Crippen MR) is 70.4 cm³/mol. The van der Waals surface area contributed by atoms with Crippen LogP contribution < -0.4 is 11.3 Å². The Labute approximate surface area is 104 Å². The van der Waals surface area contributed by atoms with Crippen molar-refractivity contribution in [3.05, 3.63) is 29.6 Å². The van der Waals surface area contributed by atoms with Gasteiger partial charge < -0.3 is 0 Å². The molecule has 1 unspecified atom stereocenters. The van der Waals surface area contributed by atoms with Gasteiger partial charge in [-0.15, -0.1) is 0 Å². The van der Waals surface area contributed by atoms with Gasteiger partial charge >= 0.3 is 0 Å². The van der Waals surface area contributed by atoms with E-state index in [0.29, 0.717) is 6.04 Å². The highest BCUT2D eigenvalue weighted by molar-refractivity contribution is 5.14. The average Bonchev–Trinajstić information content (AvgIpc) is 2.90. The Hall–Kier alpha value is -0.930. The highest BCUT2D eigenvalue weighted by Crippen LogP contribution is 2.28. The van der Waals surface area contributed by atoms with E-state index in [9.17, 15) is 0 Å². The van der Waals surface area contributed by atoms with Crippen LogP contribution in [0.4, 0.5) is 0 Å². The minimum Gasteiger partial charge on any atom is -0.271 e. The van der Waals surface area contributed by atoms with Gasteiger partial charge in [-0.1, -0.05) is 25.8 Å². The van der Waals surface area contributed by atoms with Crippen LogP contribution in [-0.4, -0.2) is 11.0 Å². The fourth-order valence-corrected chi connectivity index (χ4v) is 2.73. The zero-order valence-corrected chi connectivity index (χ0v) is 10.7. The molecule has 0 amide bonds. The monoisotopic (exact) mass is 233 g/mol. The molecule has 0 aromatic carbocycles. The summed E-state index contributed by atoms with van der Waals surface area (Å²) in [5.41, 5.74) is 5.43. The molecule has 0 aliphatic heterocycles. The van der Waals surface area contributed by atoms with Crippen molar-refractivity contribution in [1.29, 1.82) is 0 Å². The summed E-state index contributed by atoms with van der Waals surface area (Å²) in [6, 6.07) is 4.69. The van der Waals surface area contributed by atoms with Gasteiger partial charge in [0.15, 0.2) is 0 Å². The van der Waals surface area contributed by atoms with E-state index >= 15 is 0 Å². The van der Waals surface area contributed by atoms with Gasteiger partial charge in [-0.25, -0.2) is 0 Å². The summed E-state index contributed by atoms with van der Waals surface area (Å²) < 4.78 is 0. The molecule has 0 spiro atoms. The Morgan fingerprint density at radius 2 is 2.18 bits per heavy atom. The topological polar surface area (TPSA) is 50.9 Å². The van der Waals surface area contributed by atoms with Crippen molar-refractivity contribution in [2.45, 2.75) is 51.5 Å². The van der Waals surface area contributed by atoms with E-state index in [4.69, 9.17) is 5.84 Å². The Bertz CT molecular complexity index is 328. The zero-order valence-electron chi connectivity index (χ0n) is 10.7. The van der Waals surface area contributed by atoms with E-state index in [2.05, 4.69) is 29.5 Å². The summed E-state index contributed by atoms with van der Waals surface area (Å²) in [6.07, 6.45) is 9.30. The number of nitrogens with one attached hydrogen (secondary N) is 1. The molecule has 0 radical (unpaired) electrons. The lowest BCUT2D eigenvalue weighted by atomic mass is 9.94. The highest BCUT2D eigenvalue weighted by Gasteiger charge is 2.24. The molecule has 17 heavy (non-hydrogen) atoms. The van der Waals surface area contributed by atoms with E-state index in [1.165, 1.54) is 31.2 Å². The lowest BCUT2D eigenvalue weighted by molar-refractivity contribution is 0.359. The summed E-state index contributed by atoms with van der Waals surface area (Å²) in [5, 5.41) is 0. The molecule has 0 bridgehead atoms. The number of aromatic nitrogens is 1. The number of nitrogens with two attached hydrogens (primary N) is 1. The van der Waals surface area contributed by atoms with Crippen molar-refractivity contribution in [3.63, 3.8) is 0 Å². The first-order chi connectivity index (χ1) is 8.33. The van der Waals surface area contributed by atoms with Crippen LogP contribution in [0.3, 0.4) is 0 Å². The molecule has 1 aliphatic carbocycles. The molecule has 3 nitrogen and oxygen atoms in total. The molecular formula is C14H23N3. The summed E-state index contributed by atoms with van der Waals surface area (Å²) in [7, 11) is 0. The first-order valence-electron chi connectivity index (χ1n) is 6.73. The van der Waals surface area contributed by atoms with Gasteiger partial charge in [0.25, 0.3) is 0 Å². The quantitative estimate of drug-likeness (QED) is 0.605. The largest absolute Gasteiger partial charge is 0.271 e. The van der Waals surface area contributed by atoms with E-state index in [1.54, 1.807) is 0 Å².